The van der Waals surface area contributed by atoms with Crippen molar-refractivity contribution in [3.05, 3.63) is 41.7 Å². The molecule has 1 heterocycles. The van der Waals surface area contributed by atoms with Gasteiger partial charge in [-0.3, -0.25) is 4.79 Å². The zero-order chi connectivity index (χ0) is 13.1. The van der Waals surface area contributed by atoms with E-state index in [9.17, 15) is 4.79 Å². The number of carbonyl (C=O) groups is 1. The van der Waals surface area contributed by atoms with Crippen molar-refractivity contribution in [2.45, 2.75) is 26.9 Å². The molecule has 0 aliphatic heterocycles. The minimum atomic E-state index is 0.0956. The molecular formula is C15H16O3. The van der Waals surface area contributed by atoms with Gasteiger partial charge in [0.15, 0.2) is 6.29 Å². The summed E-state index contributed by atoms with van der Waals surface area (Å²) in [6.07, 6.45) is 0.921. The fraction of sp³-hybridized carbons (Fsp3) is 0.267. The van der Waals surface area contributed by atoms with Gasteiger partial charge in [0.25, 0.3) is 0 Å². The van der Waals surface area contributed by atoms with Gasteiger partial charge in [-0.15, -0.1) is 0 Å². The fourth-order valence-electron chi connectivity index (χ4n) is 1.78. The Hall–Kier alpha value is -2.03. The highest BCUT2D eigenvalue weighted by Crippen LogP contribution is 2.29. The van der Waals surface area contributed by atoms with E-state index in [0.717, 1.165) is 23.4 Å². The minimum Gasteiger partial charge on any atom is -0.491 e. The summed E-state index contributed by atoms with van der Waals surface area (Å²) in [6.45, 7) is 5.80. The van der Waals surface area contributed by atoms with E-state index in [1.165, 1.54) is 0 Å². The lowest BCUT2D eigenvalue weighted by molar-refractivity contribution is 0.112. The molecule has 2 aromatic rings. The maximum Gasteiger partial charge on any atom is 0.150 e. The molecule has 2 rings (SSSR count). The van der Waals surface area contributed by atoms with E-state index in [1.54, 1.807) is 12.1 Å². The predicted molar refractivity (Wildman–Crippen MR) is 70.0 cm³/mol. The summed E-state index contributed by atoms with van der Waals surface area (Å²) < 4.78 is 11.2. The maximum absolute atomic E-state index is 11.1. The van der Waals surface area contributed by atoms with E-state index in [4.69, 9.17) is 9.15 Å². The van der Waals surface area contributed by atoms with Gasteiger partial charge in [0, 0.05) is 11.1 Å². The Morgan fingerprint density at radius 2 is 2.00 bits per heavy atom. The Balaban J connectivity index is 2.45. The second-order valence-electron chi connectivity index (χ2n) is 4.44. The molecule has 1 aromatic heterocycles. The molecule has 0 radical (unpaired) electrons. The van der Waals surface area contributed by atoms with Crippen LogP contribution in [0.25, 0.3) is 11.3 Å². The molecule has 0 aliphatic carbocycles. The third kappa shape index (κ3) is 2.62. The molecule has 3 nitrogen and oxygen atoms in total. The van der Waals surface area contributed by atoms with Crippen LogP contribution in [0.3, 0.4) is 0 Å². The van der Waals surface area contributed by atoms with Crippen LogP contribution in [0.1, 0.15) is 30.0 Å². The highest BCUT2D eigenvalue weighted by Gasteiger charge is 2.10. The third-order valence-corrected chi connectivity index (χ3v) is 2.53. The number of ether oxygens (including phenoxy) is 1. The predicted octanol–water partition coefficient (Wildman–Crippen LogP) is 3.85. The fourth-order valence-corrected chi connectivity index (χ4v) is 1.78. The van der Waals surface area contributed by atoms with Crippen molar-refractivity contribution in [3.63, 3.8) is 0 Å². The van der Waals surface area contributed by atoms with Crippen LogP contribution in [0.2, 0.25) is 0 Å². The van der Waals surface area contributed by atoms with Crippen LogP contribution in [0.5, 0.6) is 5.75 Å². The van der Waals surface area contributed by atoms with Gasteiger partial charge in [-0.2, -0.15) is 0 Å². The summed E-state index contributed by atoms with van der Waals surface area (Å²) in [4.78, 5) is 11.1. The Morgan fingerprint density at radius 3 is 2.56 bits per heavy atom. The van der Waals surface area contributed by atoms with E-state index >= 15 is 0 Å². The van der Waals surface area contributed by atoms with Crippen LogP contribution >= 0.6 is 0 Å². The van der Waals surface area contributed by atoms with Crippen LogP contribution in [-0.2, 0) is 0 Å². The summed E-state index contributed by atoms with van der Waals surface area (Å²) >= 11 is 0. The molecule has 0 saturated heterocycles. The van der Waals surface area contributed by atoms with E-state index in [2.05, 4.69) is 0 Å². The highest BCUT2D eigenvalue weighted by molar-refractivity contribution is 5.86. The molecule has 0 bridgehead atoms. The van der Waals surface area contributed by atoms with E-state index in [0.29, 0.717) is 11.3 Å². The number of furan rings is 1. The van der Waals surface area contributed by atoms with Gasteiger partial charge < -0.3 is 9.15 Å². The molecule has 0 N–H and O–H groups in total. The largest absolute Gasteiger partial charge is 0.491 e. The van der Waals surface area contributed by atoms with Gasteiger partial charge in [0.2, 0.25) is 0 Å². The number of benzene rings is 1. The highest BCUT2D eigenvalue weighted by atomic mass is 16.5. The van der Waals surface area contributed by atoms with Crippen LogP contribution in [0, 0.1) is 6.92 Å². The normalized spacial score (nSPS) is 10.7. The number of rotatable bonds is 4. The van der Waals surface area contributed by atoms with Gasteiger partial charge in [0.05, 0.1) is 6.10 Å². The van der Waals surface area contributed by atoms with Crippen molar-refractivity contribution >= 4 is 6.29 Å². The van der Waals surface area contributed by atoms with Gasteiger partial charge in [-0.1, -0.05) is 0 Å². The van der Waals surface area contributed by atoms with E-state index in [-0.39, 0.29) is 6.10 Å². The van der Waals surface area contributed by atoms with Gasteiger partial charge in [-0.05, 0) is 51.1 Å². The Kier molecular flexibility index (Phi) is 3.51. The van der Waals surface area contributed by atoms with E-state index in [1.807, 2.05) is 39.0 Å². The smallest absolute Gasteiger partial charge is 0.150 e. The number of aryl methyl sites for hydroxylation is 1. The standard InChI is InChI=1S/C15H16O3/c1-10(2)17-13-6-5-12(9-16)14(8-13)15-7-4-11(3)18-15/h4-10H,1-3H3. The van der Waals surface area contributed by atoms with Crippen LogP contribution in [-0.4, -0.2) is 12.4 Å². The van der Waals surface area contributed by atoms with Crippen molar-refractivity contribution in [3.8, 4) is 17.1 Å². The molecule has 0 aliphatic rings. The first-order valence-corrected chi connectivity index (χ1v) is 5.93. The Bertz CT molecular complexity index is 553. The number of aldehydes is 1. The quantitative estimate of drug-likeness (QED) is 0.767. The summed E-state index contributed by atoms with van der Waals surface area (Å²) in [5, 5.41) is 0. The number of carbonyl (C=O) groups excluding carboxylic acids is 1. The zero-order valence-electron chi connectivity index (χ0n) is 10.8. The summed E-state index contributed by atoms with van der Waals surface area (Å²) in [7, 11) is 0. The summed E-state index contributed by atoms with van der Waals surface area (Å²) in [6, 6.07) is 9.11. The summed E-state index contributed by atoms with van der Waals surface area (Å²) in [5.74, 6) is 2.24. The molecule has 0 fully saturated rings. The maximum atomic E-state index is 11.1. The summed E-state index contributed by atoms with van der Waals surface area (Å²) in [5.41, 5.74) is 1.36. The molecule has 94 valence electrons. The third-order valence-electron chi connectivity index (χ3n) is 2.53. The molecule has 18 heavy (non-hydrogen) atoms. The minimum absolute atomic E-state index is 0.0956. The zero-order valence-corrected chi connectivity index (χ0v) is 10.8. The first-order chi connectivity index (χ1) is 8.60. The lowest BCUT2D eigenvalue weighted by Crippen LogP contribution is -2.05. The first kappa shape index (κ1) is 12.4. The average molecular weight is 244 g/mol. The van der Waals surface area contributed by atoms with Crippen LogP contribution in [0.4, 0.5) is 0 Å². The first-order valence-electron chi connectivity index (χ1n) is 5.93. The van der Waals surface area contributed by atoms with Crippen LogP contribution < -0.4 is 4.74 Å². The molecule has 0 atom stereocenters. The van der Waals surface area contributed by atoms with Gasteiger partial charge >= 0.3 is 0 Å². The van der Waals surface area contributed by atoms with Crippen molar-refractivity contribution < 1.29 is 13.9 Å². The molecule has 0 unspecified atom stereocenters. The monoisotopic (exact) mass is 244 g/mol. The molecule has 3 heteroatoms. The number of hydrogen-bond acceptors (Lipinski definition) is 3. The molecule has 0 saturated carbocycles. The van der Waals surface area contributed by atoms with Gasteiger partial charge in [-0.25, -0.2) is 0 Å². The van der Waals surface area contributed by atoms with Crippen molar-refractivity contribution in [2.24, 2.45) is 0 Å². The van der Waals surface area contributed by atoms with Crippen LogP contribution in [0.15, 0.2) is 34.7 Å². The van der Waals surface area contributed by atoms with Crippen molar-refractivity contribution in [1.82, 2.24) is 0 Å². The molecule has 1 aromatic carbocycles. The van der Waals surface area contributed by atoms with Crippen molar-refractivity contribution in [1.29, 1.82) is 0 Å². The average Bonchev–Trinajstić information content (AvgIpc) is 2.75. The molecule has 0 amide bonds. The lowest BCUT2D eigenvalue weighted by atomic mass is 10.1. The lowest BCUT2D eigenvalue weighted by Gasteiger charge is -2.11. The second-order valence-corrected chi connectivity index (χ2v) is 4.44. The SMILES string of the molecule is Cc1ccc(-c2cc(OC(C)C)ccc2C=O)o1. The Labute approximate surface area is 106 Å². The van der Waals surface area contributed by atoms with Crippen molar-refractivity contribution in [2.75, 3.05) is 0 Å². The molecule has 0 spiro atoms. The van der Waals surface area contributed by atoms with Gasteiger partial charge in [0.1, 0.15) is 17.3 Å². The Morgan fingerprint density at radius 1 is 1.22 bits per heavy atom. The van der Waals surface area contributed by atoms with E-state index < -0.39 is 0 Å². The topological polar surface area (TPSA) is 39.4 Å². The molecular weight excluding hydrogens is 228 g/mol. The second kappa shape index (κ2) is 5.08. The number of hydrogen-bond donors (Lipinski definition) is 0.